The summed E-state index contributed by atoms with van der Waals surface area (Å²) in [7, 11) is -0.433. The lowest BCUT2D eigenvalue weighted by Crippen LogP contribution is -2.38. The number of aliphatic hydroxyl groups excluding tert-OH is 1. The molecule has 0 aliphatic heterocycles. The lowest BCUT2D eigenvalue weighted by molar-refractivity contribution is -0.142. The Bertz CT molecular complexity index is 184. The minimum absolute atomic E-state index is 0.155. The molecule has 6 heteroatoms. The SMILES string of the molecule is C=CCN(P=O)C(CO)C(=O)O. The maximum Gasteiger partial charge on any atom is 0.324 e. The Morgan fingerprint density at radius 2 is 2.33 bits per heavy atom. The fourth-order valence-corrected chi connectivity index (χ4v) is 1.12. The minimum atomic E-state index is -1.21. The molecule has 1 atom stereocenters. The molecule has 1 unspecified atom stereocenters. The first-order valence-corrected chi connectivity index (χ1v) is 3.98. The highest BCUT2D eigenvalue weighted by Gasteiger charge is 2.23. The van der Waals surface area contributed by atoms with Crippen LogP contribution in [0.25, 0.3) is 0 Å². The summed E-state index contributed by atoms with van der Waals surface area (Å²) >= 11 is 0. The van der Waals surface area contributed by atoms with Gasteiger partial charge in [0.2, 0.25) is 8.61 Å². The molecule has 0 fully saturated rings. The van der Waals surface area contributed by atoms with Crippen LogP contribution in [0.5, 0.6) is 0 Å². The lowest BCUT2D eigenvalue weighted by atomic mass is 10.3. The van der Waals surface area contributed by atoms with Crippen LogP contribution < -0.4 is 0 Å². The highest BCUT2D eigenvalue weighted by atomic mass is 31.1. The van der Waals surface area contributed by atoms with E-state index in [0.29, 0.717) is 0 Å². The van der Waals surface area contributed by atoms with Gasteiger partial charge in [0, 0.05) is 6.54 Å². The van der Waals surface area contributed by atoms with Crippen molar-refractivity contribution in [3.63, 3.8) is 0 Å². The van der Waals surface area contributed by atoms with Crippen LogP contribution in [0.1, 0.15) is 0 Å². The van der Waals surface area contributed by atoms with E-state index in [9.17, 15) is 9.36 Å². The molecule has 0 aromatic rings. The largest absolute Gasteiger partial charge is 0.480 e. The van der Waals surface area contributed by atoms with Crippen molar-refractivity contribution in [3.05, 3.63) is 12.7 Å². The van der Waals surface area contributed by atoms with Crippen LogP contribution in [0.2, 0.25) is 0 Å². The number of nitrogens with zero attached hydrogens (tertiary/aromatic N) is 1. The molecule has 0 bridgehead atoms. The number of carboxylic acid groups (broad SMARTS) is 1. The molecule has 68 valence electrons. The molecule has 0 spiro atoms. The monoisotopic (exact) mass is 191 g/mol. The van der Waals surface area contributed by atoms with Crippen molar-refractivity contribution in [2.75, 3.05) is 13.2 Å². The Labute approximate surface area is 71.6 Å². The van der Waals surface area contributed by atoms with E-state index >= 15 is 0 Å². The number of rotatable bonds is 6. The van der Waals surface area contributed by atoms with Crippen LogP contribution in [0.15, 0.2) is 12.7 Å². The van der Waals surface area contributed by atoms with E-state index in [2.05, 4.69) is 6.58 Å². The van der Waals surface area contributed by atoms with Crippen molar-refractivity contribution in [1.82, 2.24) is 4.67 Å². The number of carboxylic acids is 1. The predicted molar refractivity (Wildman–Crippen MR) is 43.0 cm³/mol. The second-order valence-electron chi connectivity index (χ2n) is 2.03. The Morgan fingerprint density at radius 3 is 2.58 bits per heavy atom. The van der Waals surface area contributed by atoms with Crippen LogP contribution in [0.4, 0.5) is 0 Å². The van der Waals surface area contributed by atoms with Gasteiger partial charge in [-0.15, -0.1) is 6.58 Å². The molecule has 0 heterocycles. The molecule has 0 saturated carbocycles. The molecule has 0 aliphatic rings. The molecule has 0 aromatic carbocycles. The Hall–Kier alpha value is -0.770. The van der Waals surface area contributed by atoms with Crippen molar-refractivity contribution in [3.8, 4) is 0 Å². The summed E-state index contributed by atoms with van der Waals surface area (Å²) in [5.41, 5.74) is 0. The number of hydrogen-bond donors (Lipinski definition) is 2. The van der Waals surface area contributed by atoms with Crippen LogP contribution in [-0.2, 0) is 9.36 Å². The van der Waals surface area contributed by atoms with Gasteiger partial charge in [0.1, 0.15) is 6.04 Å². The molecule has 0 saturated heterocycles. The van der Waals surface area contributed by atoms with Gasteiger partial charge in [-0.2, -0.15) is 0 Å². The molecular weight excluding hydrogens is 181 g/mol. The Balaban J connectivity index is 4.31. The Kier molecular flexibility index (Phi) is 5.45. The van der Waals surface area contributed by atoms with E-state index in [1.165, 1.54) is 6.08 Å². The minimum Gasteiger partial charge on any atom is -0.480 e. The average molecular weight is 191 g/mol. The zero-order chi connectivity index (χ0) is 9.56. The first-order valence-electron chi connectivity index (χ1n) is 3.21. The average Bonchev–Trinajstić information content (AvgIpc) is 2.03. The topological polar surface area (TPSA) is 77.8 Å². The van der Waals surface area contributed by atoms with Crippen molar-refractivity contribution in [1.29, 1.82) is 0 Å². The van der Waals surface area contributed by atoms with E-state index in [0.717, 1.165) is 4.67 Å². The van der Waals surface area contributed by atoms with Crippen LogP contribution >= 0.6 is 8.61 Å². The third-order valence-electron chi connectivity index (χ3n) is 1.24. The molecule has 0 radical (unpaired) electrons. The summed E-state index contributed by atoms with van der Waals surface area (Å²) in [6, 6.07) is -1.14. The first kappa shape index (κ1) is 11.2. The third kappa shape index (κ3) is 3.09. The van der Waals surface area contributed by atoms with E-state index in [-0.39, 0.29) is 6.54 Å². The third-order valence-corrected chi connectivity index (χ3v) is 1.89. The van der Waals surface area contributed by atoms with Gasteiger partial charge >= 0.3 is 5.97 Å². The van der Waals surface area contributed by atoms with E-state index < -0.39 is 27.2 Å². The van der Waals surface area contributed by atoms with Crippen LogP contribution in [0, 0.1) is 0 Å². The molecule has 0 aromatic heterocycles. The quantitative estimate of drug-likeness (QED) is 0.460. The van der Waals surface area contributed by atoms with Gasteiger partial charge < -0.3 is 10.2 Å². The summed E-state index contributed by atoms with van der Waals surface area (Å²) < 4.78 is 11.5. The second kappa shape index (κ2) is 5.83. The standard InChI is InChI=1S/C6H10NO4P/c1-2-3-7(12-11)5(4-8)6(9)10/h2,5,8H,1,3-4H2,(H,9,10). The second-order valence-corrected chi connectivity index (χ2v) is 2.71. The molecular formula is C6H10NO4P. The van der Waals surface area contributed by atoms with Crippen molar-refractivity contribution < 1.29 is 19.6 Å². The zero-order valence-electron chi connectivity index (χ0n) is 6.38. The highest BCUT2D eigenvalue weighted by molar-refractivity contribution is 7.20. The lowest BCUT2D eigenvalue weighted by Gasteiger charge is -2.17. The summed E-state index contributed by atoms with van der Waals surface area (Å²) in [6.45, 7) is 2.95. The molecule has 0 rings (SSSR count). The molecule has 0 aliphatic carbocycles. The number of aliphatic hydroxyl groups is 1. The normalized spacial score (nSPS) is 13.2. The summed E-state index contributed by atoms with van der Waals surface area (Å²) in [4.78, 5) is 10.4. The maximum atomic E-state index is 10.4. The smallest absolute Gasteiger partial charge is 0.324 e. The fourth-order valence-electron chi connectivity index (χ4n) is 0.650. The summed E-state index contributed by atoms with van der Waals surface area (Å²) in [5, 5.41) is 17.1. The number of hydrogen-bond acceptors (Lipinski definition) is 3. The van der Waals surface area contributed by atoms with Crippen molar-refractivity contribution in [2.45, 2.75) is 6.04 Å². The summed E-state index contributed by atoms with van der Waals surface area (Å²) in [6.07, 6.45) is 1.41. The van der Waals surface area contributed by atoms with Crippen molar-refractivity contribution >= 4 is 14.6 Å². The zero-order valence-corrected chi connectivity index (χ0v) is 7.28. The van der Waals surface area contributed by atoms with E-state index in [4.69, 9.17) is 10.2 Å². The number of aliphatic carboxylic acids is 1. The molecule has 2 N–H and O–H groups in total. The van der Waals surface area contributed by atoms with Gasteiger partial charge in [0.25, 0.3) is 0 Å². The van der Waals surface area contributed by atoms with Crippen LogP contribution in [0.3, 0.4) is 0 Å². The number of carbonyl (C=O) groups is 1. The van der Waals surface area contributed by atoms with E-state index in [1.807, 2.05) is 0 Å². The molecule has 5 nitrogen and oxygen atoms in total. The predicted octanol–water partition coefficient (Wildman–Crippen LogP) is 0.127. The summed E-state index contributed by atoms with van der Waals surface area (Å²) in [5.74, 6) is -1.21. The highest BCUT2D eigenvalue weighted by Crippen LogP contribution is 2.10. The van der Waals surface area contributed by atoms with Gasteiger partial charge in [0.05, 0.1) is 6.61 Å². The van der Waals surface area contributed by atoms with Crippen LogP contribution in [-0.4, -0.2) is 40.0 Å². The maximum absolute atomic E-state index is 10.4. The first-order chi connectivity index (χ1) is 5.67. The molecule has 12 heavy (non-hydrogen) atoms. The van der Waals surface area contributed by atoms with Gasteiger partial charge in [0.15, 0.2) is 0 Å². The molecule has 0 amide bonds. The van der Waals surface area contributed by atoms with E-state index in [1.54, 1.807) is 0 Å². The van der Waals surface area contributed by atoms with Crippen molar-refractivity contribution in [2.24, 2.45) is 0 Å². The van der Waals surface area contributed by atoms with Gasteiger partial charge in [-0.05, 0) is 0 Å². The van der Waals surface area contributed by atoms with Gasteiger partial charge in [-0.3, -0.25) is 9.36 Å². The Morgan fingerprint density at radius 1 is 1.75 bits per heavy atom. The van der Waals surface area contributed by atoms with Gasteiger partial charge in [-0.1, -0.05) is 6.08 Å². The fraction of sp³-hybridized carbons (Fsp3) is 0.500. The van der Waals surface area contributed by atoms with Gasteiger partial charge in [-0.25, -0.2) is 4.67 Å².